The topological polar surface area (TPSA) is 46.9 Å². The zero-order chi connectivity index (χ0) is 11.5. The Morgan fingerprint density at radius 2 is 2.50 bits per heavy atom. The number of amides is 1. The Kier molecular flexibility index (Phi) is 3.59. The van der Waals surface area contributed by atoms with Gasteiger partial charge in [-0.2, -0.15) is 5.10 Å². The second kappa shape index (κ2) is 4.96. The fourth-order valence-electron chi connectivity index (χ4n) is 1.28. The van der Waals surface area contributed by atoms with Crippen molar-refractivity contribution in [3.63, 3.8) is 0 Å². The zero-order valence-electron chi connectivity index (χ0n) is 8.61. The second-order valence-corrected chi connectivity index (χ2v) is 5.46. The lowest BCUT2D eigenvalue weighted by Crippen LogP contribution is -2.23. The predicted octanol–water partition coefficient (Wildman–Crippen LogP) is 2.02. The zero-order valence-corrected chi connectivity index (χ0v) is 11.6. The summed E-state index contributed by atoms with van der Waals surface area (Å²) in [5.74, 6) is -0.126. The van der Waals surface area contributed by atoms with Crippen LogP contribution >= 0.6 is 33.9 Å². The van der Waals surface area contributed by atoms with Crippen LogP contribution in [0.4, 0.5) is 0 Å². The summed E-state index contributed by atoms with van der Waals surface area (Å²) in [6.07, 6.45) is 1.82. The van der Waals surface area contributed by atoms with Crippen LogP contribution in [0.1, 0.15) is 15.4 Å². The number of nitrogens with zero attached hydrogens (tertiary/aromatic N) is 2. The number of thiophene rings is 1. The number of aryl methyl sites for hydroxylation is 1. The first kappa shape index (κ1) is 11.6. The van der Waals surface area contributed by atoms with Gasteiger partial charge in [0.15, 0.2) is 5.69 Å². The first-order valence-corrected chi connectivity index (χ1v) is 6.62. The Hall–Kier alpha value is -0.890. The molecule has 1 amide bonds. The predicted molar refractivity (Wildman–Crippen MR) is 71.4 cm³/mol. The minimum atomic E-state index is -0.126. The first-order valence-electron chi connectivity index (χ1n) is 4.66. The Morgan fingerprint density at radius 3 is 3.06 bits per heavy atom. The summed E-state index contributed by atoms with van der Waals surface area (Å²) in [6, 6.07) is 3.96. The normalized spacial score (nSPS) is 10.4. The summed E-state index contributed by atoms with van der Waals surface area (Å²) >= 11 is 3.74. The minimum Gasteiger partial charge on any atom is -0.346 e. The van der Waals surface area contributed by atoms with Gasteiger partial charge >= 0.3 is 0 Å². The number of hydrogen-bond donors (Lipinski definition) is 1. The van der Waals surface area contributed by atoms with Crippen LogP contribution in [0.2, 0.25) is 0 Å². The van der Waals surface area contributed by atoms with Gasteiger partial charge in [-0.1, -0.05) is 6.07 Å². The molecule has 2 aromatic rings. The molecule has 1 N–H and O–H groups in total. The number of hydrogen-bond acceptors (Lipinski definition) is 3. The highest BCUT2D eigenvalue weighted by Gasteiger charge is 2.13. The van der Waals surface area contributed by atoms with Crippen molar-refractivity contribution >= 4 is 39.8 Å². The maximum absolute atomic E-state index is 11.8. The largest absolute Gasteiger partial charge is 0.346 e. The molecule has 2 aromatic heterocycles. The van der Waals surface area contributed by atoms with Crippen LogP contribution in [-0.4, -0.2) is 15.7 Å². The summed E-state index contributed by atoms with van der Waals surface area (Å²) in [7, 11) is 1.80. The summed E-state index contributed by atoms with van der Waals surface area (Å²) in [5, 5.41) is 8.95. The average molecular weight is 347 g/mol. The van der Waals surface area contributed by atoms with Crippen LogP contribution in [0.3, 0.4) is 0 Å². The molecule has 0 aromatic carbocycles. The summed E-state index contributed by atoms with van der Waals surface area (Å²) in [5.41, 5.74) is 0.486. The van der Waals surface area contributed by atoms with Crippen molar-refractivity contribution in [2.45, 2.75) is 6.54 Å². The lowest BCUT2D eigenvalue weighted by molar-refractivity contribution is 0.0944. The van der Waals surface area contributed by atoms with Gasteiger partial charge in [0.25, 0.3) is 5.91 Å². The van der Waals surface area contributed by atoms with E-state index in [0.717, 1.165) is 8.45 Å². The van der Waals surface area contributed by atoms with Crippen LogP contribution in [0, 0.1) is 3.57 Å². The van der Waals surface area contributed by atoms with E-state index in [-0.39, 0.29) is 5.91 Å². The Bertz CT molecular complexity index is 492. The lowest BCUT2D eigenvalue weighted by Gasteiger charge is -2.00. The van der Waals surface area contributed by atoms with Crippen LogP contribution in [0.5, 0.6) is 0 Å². The number of rotatable bonds is 3. The Morgan fingerprint density at radius 1 is 1.69 bits per heavy atom. The van der Waals surface area contributed by atoms with E-state index in [2.05, 4.69) is 33.0 Å². The summed E-state index contributed by atoms with van der Waals surface area (Å²) in [6.45, 7) is 0.559. The van der Waals surface area contributed by atoms with Crippen LogP contribution in [0.15, 0.2) is 23.7 Å². The maximum atomic E-state index is 11.8. The molecule has 2 heterocycles. The van der Waals surface area contributed by atoms with E-state index in [4.69, 9.17) is 0 Å². The Balaban J connectivity index is 2.01. The van der Waals surface area contributed by atoms with Crippen LogP contribution in [0.25, 0.3) is 0 Å². The maximum Gasteiger partial charge on any atom is 0.273 e. The fourth-order valence-corrected chi connectivity index (χ4v) is 2.68. The standard InChI is InChI=1S/C10H10IN3OS/c1-14-6-8(11)9(13-14)10(15)12-5-7-3-2-4-16-7/h2-4,6H,5H2,1H3,(H,12,15). The number of carbonyl (C=O) groups excluding carboxylic acids is 1. The van der Waals surface area contributed by atoms with Gasteiger partial charge < -0.3 is 5.32 Å². The number of aromatic nitrogens is 2. The van der Waals surface area contributed by atoms with Crippen molar-refractivity contribution in [1.29, 1.82) is 0 Å². The molecule has 0 aliphatic rings. The number of nitrogens with one attached hydrogen (secondary N) is 1. The van der Waals surface area contributed by atoms with E-state index in [9.17, 15) is 4.79 Å². The molecule has 0 aliphatic heterocycles. The summed E-state index contributed by atoms with van der Waals surface area (Å²) in [4.78, 5) is 12.9. The second-order valence-electron chi connectivity index (χ2n) is 3.26. The molecule has 0 atom stereocenters. The van der Waals surface area contributed by atoms with Crippen molar-refractivity contribution in [2.75, 3.05) is 0 Å². The van der Waals surface area contributed by atoms with Crippen molar-refractivity contribution in [2.24, 2.45) is 7.05 Å². The van der Waals surface area contributed by atoms with Crippen LogP contribution < -0.4 is 5.32 Å². The number of carbonyl (C=O) groups is 1. The van der Waals surface area contributed by atoms with E-state index >= 15 is 0 Å². The highest BCUT2D eigenvalue weighted by molar-refractivity contribution is 14.1. The molecule has 4 nitrogen and oxygen atoms in total. The molecule has 2 rings (SSSR count). The monoisotopic (exact) mass is 347 g/mol. The fraction of sp³-hybridized carbons (Fsp3) is 0.200. The first-order chi connectivity index (χ1) is 7.66. The van der Waals surface area contributed by atoms with Crippen molar-refractivity contribution in [3.05, 3.63) is 37.9 Å². The molecule has 16 heavy (non-hydrogen) atoms. The molecule has 84 valence electrons. The van der Waals surface area contributed by atoms with E-state index in [1.807, 2.05) is 23.7 Å². The lowest BCUT2D eigenvalue weighted by atomic mass is 10.4. The Labute approximate surface area is 111 Å². The molecule has 0 aliphatic carbocycles. The molecule has 0 unspecified atom stereocenters. The van der Waals surface area contributed by atoms with Gasteiger partial charge in [-0.25, -0.2) is 0 Å². The molecule has 0 saturated carbocycles. The van der Waals surface area contributed by atoms with Gasteiger partial charge in [0.05, 0.1) is 10.1 Å². The van der Waals surface area contributed by atoms with Gasteiger partial charge in [0.1, 0.15) is 0 Å². The quantitative estimate of drug-likeness (QED) is 0.864. The van der Waals surface area contributed by atoms with Gasteiger partial charge in [-0.15, -0.1) is 11.3 Å². The molecule has 0 saturated heterocycles. The third-order valence-electron chi connectivity index (χ3n) is 2.00. The van der Waals surface area contributed by atoms with Crippen LogP contribution in [-0.2, 0) is 13.6 Å². The molecule has 0 fully saturated rings. The third-order valence-corrected chi connectivity index (χ3v) is 3.67. The molecule has 0 radical (unpaired) electrons. The molecular weight excluding hydrogens is 337 g/mol. The average Bonchev–Trinajstić information content (AvgIpc) is 2.84. The van der Waals surface area contributed by atoms with E-state index < -0.39 is 0 Å². The van der Waals surface area contributed by atoms with Crippen molar-refractivity contribution < 1.29 is 4.79 Å². The SMILES string of the molecule is Cn1cc(I)c(C(=O)NCc2cccs2)n1. The highest BCUT2D eigenvalue weighted by Crippen LogP contribution is 2.11. The summed E-state index contributed by atoms with van der Waals surface area (Å²) < 4.78 is 2.51. The highest BCUT2D eigenvalue weighted by atomic mass is 127. The minimum absolute atomic E-state index is 0.126. The van der Waals surface area contributed by atoms with Gasteiger partial charge in [-0.3, -0.25) is 9.48 Å². The molecular formula is C10H10IN3OS. The number of halogens is 1. The van der Waals surface area contributed by atoms with Crippen molar-refractivity contribution in [3.8, 4) is 0 Å². The van der Waals surface area contributed by atoms with Gasteiger partial charge in [-0.05, 0) is 34.0 Å². The van der Waals surface area contributed by atoms with Gasteiger partial charge in [0, 0.05) is 18.1 Å². The van der Waals surface area contributed by atoms with E-state index in [1.165, 1.54) is 0 Å². The third kappa shape index (κ3) is 2.62. The smallest absolute Gasteiger partial charge is 0.273 e. The molecule has 6 heteroatoms. The molecule has 0 spiro atoms. The van der Waals surface area contributed by atoms with Gasteiger partial charge in [0.2, 0.25) is 0 Å². The van der Waals surface area contributed by atoms with Crippen molar-refractivity contribution in [1.82, 2.24) is 15.1 Å². The van der Waals surface area contributed by atoms with E-state index in [1.54, 1.807) is 23.1 Å². The molecule has 0 bridgehead atoms. The van der Waals surface area contributed by atoms with E-state index in [0.29, 0.717) is 12.2 Å².